The fraction of sp³-hybridized carbons (Fsp3) is 0.571. The molecular weight excluding hydrogens is 274 g/mol. The molecular formula is C14H21N3O2S. The Hall–Kier alpha value is -1.40. The van der Waals surface area contributed by atoms with Crippen LogP contribution >= 0.6 is 11.3 Å². The van der Waals surface area contributed by atoms with E-state index in [1.165, 1.54) is 17.8 Å². The lowest BCUT2D eigenvalue weighted by atomic mass is 10.1. The number of nitrogens with two attached hydrogens (primary N) is 1. The molecule has 1 fully saturated rings. The molecule has 0 spiro atoms. The van der Waals surface area contributed by atoms with Crippen molar-refractivity contribution in [1.29, 1.82) is 0 Å². The van der Waals surface area contributed by atoms with Crippen molar-refractivity contribution in [3.63, 3.8) is 0 Å². The minimum atomic E-state index is -0.702. The van der Waals surface area contributed by atoms with Gasteiger partial charge in [-0.2, -0.15) is 0 Å². The van der Waals surface area contributed by atoms with Crippen LogP contribution in [0.5, 0.6) is 0 Å². The molecule has 0 saturated carbocycles. The number of nitrogens with one attached hydrogen (secondary N) is 1. The summed E-state index contributed by atoms with van der Waals surface area (Å²) in [4.78, 5) is 26.9. The van der Waals surface area contributed by atoms with Gasteiger partial charge in [-0.25, -0.2) is 0 Å². The number of hydrogen-bond donors (Lipinski definition) is 2. The molecule has 20 heavy (non-hydrogen) atoms. The summed E-state index contributed by atoms with van der Waals surface area (Å²) in [6.45, 7) is 3.29. The van der Waals surface area contributed by atoms with Gasteiger partial charge in [-0.05, 0) is 37.6 Å². The van der Waals surface area contributed by atoms with Gasteiger partial charge in [0.2, 0.25) is 11.8 Å². The zero-order valence-corrected chi connectivity index (χ0v) is 12.5. The Bertz CT molecular complexity index is 455. The lowest BCUT2D eigenvalue weighted by Crippen LogP contribution is -2.50. The molecule has 2 unspecified atom stereocenters. The third-order valence-corrected chi connectivity index (χ3v) is 4.48. The monoisotopic (exact) mass is 295 g/mol. The van der Waals surface area contributed by atoms with Crippen molar-refractivity contribution >= 4 is 23.2 Å². The van der Waals surface area contributed by atoms with Crippen LogP contribution in [0.3, 0.4) is 0 Å². The molecule has 5 nitrogen and oxygen atoms in total. The van der Waals surface area contributed by atoms with Gasteiger partial charge in [0, 0.05) is 18.0 Å². The molecule has 1 aromatic heterocycles. The second kappa shape index (κ2) is 6.85. The molecule has 2 rings (SSSR count). The van der Waals surface area contributed by atoms with Crippen LogP contribution in [0.25, 0.3) is 0 Å². The van der Waals surface area contributed by atoms with Crippen LogP contribution in [0, 0.1) is 0 Å². The van der Waals surface area contributed by atoms with E-state index in [9.17, 15) is 9.59 Å². The van der Waals surface area contributed by atoms with Gasteiger partial charge in [0.05, 0.1) is 0 Å². The molecule has 6 heteroatoms. The van der Waals surface area contributed by atoms with Crippen molar-refractivity contribution in [3.05, 3.63) is 22.4 Å². The highest BCUT2D eigenvalue weighted by Gasteiger charge is 2.25. The Morgan fingerprint density at radius 3 is 2.65 bits per heavy atom. The fourth-order valence-electron chi connectivity index (χ4n) is 2.35. The smallest absolute Gasteiger partial charge is 0.244 e. The third kappa shape index (κ3) is 3.58. The van der Waals surface area contributed by atoms with Gasteiger partial charge < -0.3 is 16.0 Å². The topological polar surface area (TPSA) is 75.4 Å². The van der Waals surface area contributed by atoms with Crippen molar-refractivity contribution in [1.82, 2.24) is 10.2 Å². The van der Waals surface area contributed by atoms with E-state index in [0.717, 1.165) is 30.8 Å². The van der Waals surface area contributed by atoms with E-state index < -0.39 is 12.1 Å². The zero-order chi connectivity index (χ0) is 14.5. The zero-order valence-electron chi connectivity index (χ0n) is 11.7. The van der Waals surface area contributed by atoms with Crippen molar-refractivity contribution in [3.8, 4) is 0 Å². The highest BCUT2D eigenvalue weighted by molar-refractivity contribution is 7.10. The number of carbonyl (C=O) groups is 2. The average Bonchev–Trinajstić information content (AvgIpc) is 3.00. The third-order valence-electron chi connectivity index (χ3n) is 3.53. The summed E-state index contributed by atoms with van der Waals surface area (Å²) in [6.07, 6.45) is 3.26. The predicted molar refractivity (Wildman–Crippen MR) is 79.3 cm³/mol. The Morgan fingerprint density at radius 1 is 1.35 bits per heavy atom. The molecule has 2 amide bonds. The van der Waals surface area contributed by atoms with Gasteiger partial charge in [0.1, 0.15) is 12.1 Å². The van der Waals surface area contributed by atoms with Crippen molar-refractivity contribution in [2.24, 2.45) is 5.73 Å². The molecule has 2 heterocycles. The van der Waals surface area contributed by atoms with Crippen LogP contribution in [0.15, 0.2) is 17.5 Å². The van der Waals surface area contributed by atoms with Crippen molar-refractivity contribution in [2.75, 3.05) is 13.1 Å². The van der Waals surface area contributed by atoms with Crippen LogP contribution in [0.4, 0.5) is 0 Å². The number of amides is 2. The number of thiophene rings is 1. The van der Waals surface area contributed by atoms with Crippen LogP contribution in [-0.4, -0.2) is 35.8 Å². The summed E-state index contributed by atoms with van der Waals surface area (Å²) in [5.41, 5.74) is 5.88. The Kier molecular flexibility index (Phi) is 5.14. The lowest BCUT2D eigenvalue weighted by molar-refractivity contribution is -0.137. The highest BCUT2D eigenvalue weighted by atomic mass is 32.1. The minimum Gasteiger partial charge on any atom is -0.343 e. The highest BCUT2D eigenvalue weighted by Crippen LogP contribution is 2.17. The largest absolute Gasteiger partial charge is 0.343 e. The number of likely N-dealkylation sites (tertiary alicyclic amines) is 1. The van der Waals surface area contributed by atoms with Gasteiger partial charge in [-0.3, -0.25) is 9.59 Å². The average molecular weight is 295 g/mol. The quantitative estimate of drug-likeness (QED) is 0.878. The first-order valence-electron chi connectivity index (χ1n) is 6.97. The SMILES string of the molecule is CC(NC(=O)C(N)c1cccs1)C(=O)N1CCCCC1. The summed E-state index contributed by atoms with van der Waals surface area (Å²) in [5, 5.41) is 4.60. The predicted octanol–water partition coefficient (Wildman–Crippen LogP) is 1.27. The number of hydrogen-bond acceptors (Lipinski definition) is 4. The Balaban J connectivity index is 1.88. The number of nitrogens with zero attached hydrogens (tertiary/aromatic N) is 1. The molecule has 2 atom stereocenters. The molecule has 0 aromatic carbocycles. The van der Waals surface area contributed by atoms with E-state index in [0.29, 0.717) is 0 Å². The van der Waals surface area contributed by atoms with E-state index in [4.69, 9.17) is 5.73 Å². The maximum absolute atomic E-state index is 12.2. The molecule has 1 aliphatic heterocycles. The molecule has 1 aliphatic rings. The molecule has 1 aromatic rings. The summed E-state index contributed by atoms with van der Waals surface area (Å²) < 4.78 is 0. The van der Waals surface area contributed by atoms with Gasteiger partial charge in [0.15, 0.2) is 0 Å². The maximum atomic E-state index is 12.2. The van der Waals surface area contributed by atoms with E-state index in [1.54, 1.807) is 6.92 Å². The van der Waals surface area contributed by atoms with Crippen LogP contribution in [0.2, 0.25) is 0 Å². The normalized spacial score (nSPS) is 18.4. The van der Waals surface area contributed by atoms with Crippen LogP contribution in [-0.2, 0) is 9.59 Å². The van der Waals surface area contributed by atoms with Gasteiger partial charge in [0.25, 0.3) is 0 Å². The molecule has 1 saturated heterocycles. The van der Waals surface area contributed by atoms with Gasteiger partial charge in [-0.15, -0.1) is 11.3 Å². The van der Waals surface area contributed by atoms with Gasteiger partial charge in [-0.1, -0.05) is 6.07 Å². The molecule has 0 aliphatic carbocycles. The van der Waals surface area contributed by atoms with Crippen molar-refractivity contribution < 1.29 is 9.59 Å². The van der Waals surface area contributed by atoms with Gasteiger partial charge >= 0.3 is 0 Å². The number of rotatable bonds is 4. The van der Waals surface area contributed by atoms with E-state index >= 15 is 0 Å². The first-order chi connectivity index (χ1) is 9.59. The van der Waals surface area contributed by atoms with Crippen molar-refractivity contribution in [2.45, 2.75) is 38.3 Å². The van der Waals surface area contributed by atoms with Crippen LogP contribution in [0.1, 0.15) is 37.1 Å². The summed E-state index contributed by atoms with van der Waals surface area (Å²) >= 11 is 1.44. The van der Waals surface area contributed by atoms with E-state index in [1.807, 2.05) is 22.4 Å². The minimum absolute atomic E-state index is 0.0172. The molecule has 0 bridgehead atoms. The lowest BCUT2D eigenvalue weighted by Gasteiger charge is -2.29. The number of piperidine rings is 1. The van der Waals surface area contributed by atoms with Crippen LogP contribution < -0.4 is 11.1 Å². The summed E-state index contributed by atoms with van der Waals surface area (Å²) in [6, 6.07) is 2.46. The number of carbonyl (C=O) groups excluding carboxylic acids is 2. The second-order valence-electron chi connectivity index (χ2n) is 5.11. The molecule has 0 radical (unpaired) electrons. The van der Waals surface area contributed by atoms with E-state index in [2.05, 4.69) is 5.32 Å². The standard InChI is InChI=1S/C14H21N3O2S/c1-10(14(19)17-7-3-2-4-8-17)16-13(18)12(15)11-6-5-9-20-11/h5-6,9-10,12H,2-4,7-8,15H2,1H3,(H,16,18). The van der Waals surface area contributed by atoms with E-state index in [-0.39, 0.29) is 11.8 Å². The first kappa shape index (κ1) is 15.0. The Labute approximate surface area is 123 Å². The maximum Gasteiger partial charge on any atom is 0.244 e. The first-order valence-corrected chi connectivity index (χ1v) is 7.85. The summed E-state index contributed by atoms with van der Waals surface area (Å²) in [7, 11) is 0. The summed E-state index contributed by atoms with van der Waals surface area (Å²) in [5.74, 6) is -0.318. The molecule has 3 N–H and O–H groups in total. The molecule has 110 valence electrons. The fourth-order valence-corrected chi connectivity index (χ4v) is 3.08. The Morgan fingerprint density at radius 2 is 2.05 bits per heavy atom. The second-order valence-corrected chi connectivity index (χ2v) is 6.09.